The number of anilines is 2. The predicted octanol–water partition coefficient (Wildman–Crippen LogP) is 5.04. The molecule has 0 saturated carbocycles. The summed E-state index contributed by atoms with van der Waals surface area (Å²) < 4.78 is 0. The number of nitrogens with one attached hydrogen (secondary N) is 1. The topological polar surface area (TPSA) is 50.7 Å². The highest BCUT2D eigenvalue weighted by atomic mass is 35.5. The molecule has 4 nitrogen and oxygen atoms in total. The van der Waals surface area contributed by atoms with E-state index in [1.165, 1.54) is 22.9 Å². The minimum absolute atomic E-state index is 0.171. The lowest BCUT2D eigenvalue weighted by Crippen LogP contribution is -2.00. The average molecular weight is 343 g/mol. The van der Waals surface area contributed by atoms with E-state index >= 15 is 0 Å². The highest BCUT2D eigenvalue weighted by Crippen LogP contribution is 2.26. The summed E-state index contributed by atoms with van der Waals surface area (Å²) in [4.78, 5) is 13.8. The van der Waals surface area contributed by atoms with Gasteiger partial charge in [0.15, 0.2) is 5.16 Å². The van der Waals surface area contributed by atoms with Crippen molar-refractivity contribution in [2.45, 2.75) is 23.9 Å². The minimum Gasteiger partial charge on any atom is -0.324 e. The Morgan fingerprint density at radius 1 is 0.826 bits per heavy atom. The summed E-state index contributed by atoms with van der Waals surface area (Å²) in [6, 6.07) is 16.2. The van der Waals surface area contributed by atoms with Crippen LogP contribution in [0.5, 0.6) is 0 Å². The Labute approximate surface area is 144 Å². The van der Waals surface area contributed by atoms with Crippen LogP contribution in [0, 0.1) is 13.8 Å². The normalized spacial score (nSPS) is 10.6. The zero-order valence-electron chi connectivity index (χ0n) is 12.7. The number of nitrogens with zero attached hydrogens (tertiary/aromatic N) is 3. The van der Waals surface area contributed by atoms with E-state index in [2.05, 4.69) is 39.3 Å². The van der Waals surface area contributed by atoms with Gasteiger partial charge < -0.3 is 5.32 Å². The molecule has 116 valence electrons. The maximum atomic E-state index is 6.02. The molecule has 0 unspecified atom stereocenters. The van der Waals surface area contributed by atoms with Crippen molar-refractivity contribution < 1.29 is 0 Å². The number of aromatic nitrogens is 3. The first kappa shape index (κ1) is 15.8. The molecular weight excluding hydrogens is 328 g/mol. The van der Waals surface area contributed by atoms with Crippen LogP contribution in [0.1, 0.15) is 11.1 Å². The summed E-state index contributed by atoms with van der Waals surface area (Å²) in [5.41, 5.74) is 3.31. The molecule has 0 saturated heterocycles. The predicted molar refractivity (Wildman–Crippen MR) is 94.6 cm³/mol. The summed E-state index contributed by atoms with van der Waals surface area (Å²) in [7, 11) is 0. The fourth-order valence-corrected chi connectivity index (χ4v) is 2.87. The van der Waals surface area contributed by atoms with Crippen molar-refractivity contribution in [1.82, 2.24) is 15.0 Å². The Balaban J connectivity index is 1.81. The molecule has 2 aromatic carbocycles. The van der Waals surface area contributed by atoms with Crippen LogP contribution in [0.15, 0.2) is 58.6 Å². The van der Waals surface area contributed by atoms with Crippen LogP contribution >= 0.6 is 23.4 Å². The highest BCUT2D eigenvalue weighted by Gasteiger charge is 2.07. The molecule has 0 atom stereocenters. The molecule has 1 heterocycles. The van der Waals surface area contributed by atoms with Crippen LogP contribution in [0.25, 0.3) is 0 Å². The molecule has 0 aliphatic carbocycles. The van der Waals surface area contributed by atoms with E-state index in [9.17, 15) is 0 Å². The van der Waals surface area contributed by atoms with E-state index in [1.807, 2.05) is 43.3 Å². The van der Waals surface area contributed by atoms with Crippen molar-refractivity contribution in [3.63, 3.8) is 0 Å². The number of benzene rings is 2. The Morgan fingerprint density at radius 2 is 1.43 bits per heavy atom. The molecular formula is C17H15ClN4S. The average Bonchev–Trinajstić information content (AvgIpc) is 2.51. The van der Waals surface area contributed by atoms with Crippen molar-refractivity contribution >= 4 is 35.0 Å². The van der Waals surface area contributed by atoms with Gasteiger partial charge in [0.25, 0.3) is 0 Å². The molecule has 23 heavy (non-hydrogen) atoms. The molecule has 0 aliphatic rings. The first-order valence-electron chi connectivity index (χ1n) is 7.08. The smallest absolute Gasteiger partial charge is 0.232 e. The quantitative estimate of drug-likeness (QED) is 0.720. The van der Waals surface area contributed by atoms with E-state index in [0.29, 0.717) is 11.1 Å². The van der Waals surface area contributed by atoms with Gasteiger partial charge in [-0.1, -0.05) is 35.4 Å². The molecule has 1 aromatic heterocycles. The number of hydrogen-bond acceptors (Lipinski definition) is 5. The van der Waals surface area contributed by atoms with E-state index in [0.717, 1.165) is 10.6 Å². The molecule has 0 bridgehead atoms. The summed E-state index contributed by atoms with van der Waals surface area (Å²) >= 11 is 7.47. The van der Waals surface area contributed by atoms with Crippen molar-refractivity contribution in [3.8, 4) is 0 Å². The molecule has 0 amide bonds. The summed E-state index contributed by atoms with van der Waals surface area (Å²) in [5, 5.41) is 3.88. The molecule has 6 heteroatoms. The second-order valence-electron chi connectivity index (χ2n) is 5.12. The van der Waals surface area contributed by atoms with Crippen molar-refractivity contribution in [1.29, 1.82) is 0 Å². The largest absolute Gasteiger partial charge is 0.324 e. The number of hydrogen-bond donors (Lipinski definition) is 1. The second-order valence-corrected chi connectivity index (χ2v) is 6.50. The Bertz CT molecular complexity index is 738. The zero-order valence-corrected chi connectivity index (χ0v) is 14.3. The molecule has 1 N–H and O–H groups in total. The van der Waals surface area contributed by atoms with Gasteiger partial charge in [-0.2, -0.15) is 15.0 Å². The van der Waals surface area contributed by atoms with Gasteiger partial charge in [-0.25, -0.2) is 0 Å². The van der Waals surface area contributed by atoms with Gasteiger partial charge in [0, 0.05) is 10.6 Å². The van der Waals surface area contributed by atoms with E-state index in [4.69, 9.17) is 11.6 Å². The Morgan fingerprint density at radius 3 is 2.09 bits per heavy atom. The summed E-state index contributed by atoms with van der Waals surface area (Å²) in [6.07, 6.45) is 0. The van der Waals surface area contributed by atoms with E-state index < -0.39 is 0 Å². The summed E-state index contributed by atoms with van der Waals surface area (Å²) in [6.45, 7) is 4.09. The van der Waals surface area contributed by atoms with Crippen LogP contribution in [-0.2, 0) is 0 Å². The standard InChI is InChI=1S/C17H15ClN4S/c1-11-3-7-13(8-4-11)19-16-20-15(18)21-17(22-16)23-14-9-5-12(2)6-10-14/h3-10H,1-2H3,(H,19,20,21,22). The maximum Gasteiger partial charge on any atom is 0.232 e. The van der Waals surface area contributed by atoms with Gasteiger partial charge in [0.2, 0.25) is 11.2 Å². The number of halogens is 1. The zero-order chi connectivity index (χ0) is 16.2. The first-order chi connectivity index (χ1) is 11.1. The fraction of sp³-hybridized carbons (Fsp3) is 0.118. The molecule has 0 spiro atoms. The van der Waals surface area contributed by atoms with Crippen molar-refractivity contribution in [2.24, 2.45) is 0 Å². The lowest BCUT2D eigenvalue weighted by atomic mass is 10.2. The van der Waals surface area contributed by atoms with Crippen molar-refractivity contribution in [3.05, 3.63) is 64.9 Å². The van der Waals surface area contributed by atoms with Gasteiger partial charge in [-0.3, -0.25) is 0 Å². The van der Waals surface area contributed by atoms with Crippen LogP contribution in [0.2, 0.25) is 5.28 Å². The number of aryl methyl sites for hydroxylation is 2. The van der Waals surface area contributed by atoms with Crippen LogP contribution in [0.3, 0.4) is 0 Å². The fourth-order valence-electron chi connectivity index (χ4n) is 1.91. The minimum atomic E-state index is 0.171. The molecule has 3 aromatic rings. The van der Waals surface area contributed by atoms with Gasteiger partial charge >= 0.3 is 0 Å². The van der Waals surface area contributed by atoms with Gasteiger partial charge in [-0.05, 0) is 61.5 Å². The third-order valence-electron chi connectivity index (χ3n) is 3.13. The summed E-state index contributed by atoms with van der Waals surface area (Å²) in [5.74, 6) is 0.434. The third kappa shape index (κ3) is 4.43. The van der Waals surface area contributed by atoms with Crippen LogP contribution in [-0.4, -0.2) is 15.0 Å². The Hall–Kier alpha value is -2.11. The van der Waals surface area contributed by atoms with Gasteiger partial charge in [-0.15, -0.1) is 0 Å². The second kappa shape index (κ2) is 6.98. The van der Waals surface area contributed by atoms with Gasteiger partial charge in [0.1, 0.15) is 0 Å². The lowest BCUT2D eigenvalue weighted by molar-refractivity contribution is 0.912. The third-order valence-corrected chi connectivity index (χ3v) is 4.17. The maximum absolute atomic E-state index is 6.02. The first-order valence-corrected chi connectivity index (χ1v) is 8.28. The SMILES string of the molecule is Cc1ccc(Nc2nc(Cl)nc(Sc3ccc(C)cc3)n2)cc1. The molecule has 0 fully saturated rings. The Kier molecular flexibility index (Phi) is 4.79. The van der Waals surface area contributed by atoms with Crippen LogP contribution < -0.4 is 5.32 Å². The number of rotatable bonds is 4. The van der Waals surface area contributed by atoms with E-state index in [1.54, 1.807) is 0 Å². The molecule has 0 radical (unpaired) electrons. The monoisotopic (exact) mass is 342 g/mol. The lowest BCUT2D eigenvalue weighted by Gasteiger charge is -2.07. The highest BCUT2D eigenvalue weighted by molar-refractivity contribution is 7.99. The van der Waals surface area contributed by atoms with Crippen molar-refractivity contribution in [2.75, 3.05) is 5.32 Å². The van der Waals surface area contributed by atoms with Crippen LogP contribution in [0.4, 0.5) is 11.6 Å². The molecule has 3 rings (SSSR count). The molecule has 0 aliphatic heterocycles. The van der Waals surface area contributed by atoms with Gasteiger partial charge in [0.05, 0.1) is 0 Å². The van der Waals surface area contributed by atoms with E-state index in [-0.39, 0.29) is 5.28 Å².